The van der Waals surface area contributed by atoms with Crippen LogP contribution in [0.2, 0.25) is 0 Å². The van der Waals surface area contributed by atoms with E-state index in [1.807, 2.05) is 12.1 Å². The Morgan fingerprint density at radius 2 is 1.72 bits per heavy atom. The van der Waals surface area contributed by atoms with Crippen LogP contribution in [0.15, 0.2) is 58.3 Å². The minimum absolute atomic E-state index is 0.0119. The van der Waals surface area contributed by atoms with Crippen molar-refractivity contribution in [3.8, 4) is 23.3 Å². The largest absolute Gasteiger partial charge is 0.490 e. The Morgan fingerprint density at radius 1 is 0.941 bits per heavy atom. The Morgan fingerprint density at radius 3 is 2.46 bits per heavy atom. The van der Waals surface area contributed by atoms with Crippen molar-refractivity contribution < 1.29 is 70.6 Å². The Balaban J connectivity index is 1.03. The summed E-state index contributed by atoms with van der Waals surface area (Å²) in [6, 6.07) is 12.6. The zero-order valence-corrected chi connectivity index (χ0v) is 39.3. The number of hydrogen-bond acceptors (Lipinski definition) is 13. The zero-order valence-electron chi connectivity index (χ0n) is 36.6. The number of anilines is 1. The number of hydrogen-bond donors (Lipinski definition) is 7. The van der Waals surface area contributed by atoms with Crippen LogP contribution < -0.4 is 41.4 Å². The summed E-state index contributed by atoms with van der Waals surface area (Å²) in [6.07, 6.45) is 2.88. The van der Waals surface area contributed by atoms with Crippen molar-refractivity contribution in [2.75, 3.05) is 44.2 Å². The molecular formula is C43H47N5O17P3+. The summed E-state index contributed by atoms with van der Waals surface area (Å²) in [7, 11) is -16.7. The van der Waals surface area contributed by atoms with E-state index in [1.54, 1.807) is 6.07 Å². The van der Waals surface area contributed by atoms with Gasteiger partial charge >= 0.3 is 35.1 Å². The maximum absolute atomic E-state index is 13.8. The third-order valence-corrected chi connectivity index (χ3v) is 15.7. The van der Waals surface area contributed by atoms with Crippen molar-refractivity contribution in [2.45, 2.75) is 64.7 Å². The molecule has 0 saturated carbocycles. The number of carboxylic acid groups (broad SMARTS) is 1. The summed E-state index contributed by atoms with van der Waals surface area (Å²) in [5.74, 6) is 4.71. The van der Waals surface area contributed by atoms with Crippen molar-refractivity contribution in [3.63, 3.8) is 0 Å². The average molecular weight is 999 g/mol. The number of aryl methyl sites for hydroxylation is 2. The fourth-order valence-corrected chi connectivity index (χ4v) is 11.9. The van der Waals surface area contributed by atoms with Crippen LogP contribution in [-0.2, 0) is 44.4 Å². The van der Waals surface area contributed by atoms with Crippen LogP contribution in [0, 0.1) is 11.8 Å². The maximum atomic E-state index is 13.8. The first kappa shape index (κ1) is 48.9. The topological polar surface area (TPSA) is 306 Å². The van der Waals surface area contributed by atoms with E-state index in [-0.39, 0.29) is 36.1 Å². The summed E-state index contributed by atoms with van der Waals surface area (Å²) in [5, 5.41) is 15.0. The highest BCUT2D eigenvalue weighted by atomic mass is 31.3. The lowest BCUT2D eigenvalue weighted by Gasteiger charge is -2.32. The number of carboxylic acids is 1. The molecule has 25 heteroatoms. The lowest BCUT2D eigenvalue weighted by molar-refractivity contribution is -0.0243. The smallest absolute Gasteiger partial charge is 0.478 e. The van der Waals surface area contributed by atoms with Crippen molar-refractivity contribution in [2.24, 2.45) is 0 Å². The highest BCUT2D eigenvalue weighted by Crippen LogP contribution is 2.66. The molecule has 1 fully saturated rings. The molecule has 0 spiro atoms. The van der Waals surface area contributed by atoms with E-state index in [2.05, 4.69) is 70.7 Å². The highest BCUT2D eigenvalue weighted by molar-refractivity contribution is 7.66. The van der Waals surface area contributed by atoms with Crippen molar-refractivity contribution >= 4 is 46.6 Å². The summed E-state index contributed by atoms with van der Waals surface area (Å²) in [6.45, 7) is 6.62. The molecule has 1 amide bonds. The van der Waals surface area contributed by atoms with Gasteiger partial charge in [0.05, 0.1) is 30.9 Å². The average Bonchev–Trinajstić information content (AvgIpc) is 3.75. The number of aromatic carboxylic acids is 1. The van der Waals surface area contributed by atoms with E-state index >= 15 is 0 Å². The van der Waals surface area contributed by atoms with E-state index < -0.39 is 65.5 Å². The molecule has 8 rings (SSSR count). The number of nitrogens with zero attached hydrogens (tertiary/aromatic N) is 3. The number of amides is 1. The molecule has 68 heavy (non-hydrogen) atoms. The molecule has 0 aliphatic carbocycles. The number of phosphoric acid groups is 3. The molecule has 4 aliphatic rings. The van der Waals surface area contributed by atoms with Gasteiger partial charge in [0, 0.05) is 64.9 Å². The van der Waals surface area contributed by atoms with Gasteiger partial charge in [0.1, 0.15) is 36.4 Å². The number of carbonyl (C=O) groups is 2. The Labute approximate surface area is 386 Å². The van der Waals surface area contributed by atoms with Gasteiger partial charge in [-0.25, -0.2) is 27.9 Å². The number of H-pyrrole nitrogens is 1. The van der Waals surface area contributed by atoms with Gasteiger partial charge < -0.3 is 44.4 Å². The number of benzene rings is 3. The normalized spacial score (nSPS) is 19.2. The van der Waals surface area contributed by atoms with Gasteiger partial charge in [-0.3, -0.25) is 23.7 Å². The summed E-state index contributed by atoms with van der Waals surface area (Å²) >= 11 is 0. The van der Waals surface area contributed by atoms with Crippen molar-refractivity contribution in [3.05, 3.63) is 119 Å². The van der Waals surface area contributed by atoms with Crippen molar-refractivity contribution in [1.82, 2.24) is 19.4 Å². The fraction of sp³-hybridized carbons (Fsp3) is 0.372. The number of carbonyl (C=O) groups excluding carboxylic acids is 1. The minimum atomic E-state index is -5.73. The highest BCUT2D eigenvalue weighted by Gasteiger charge is 2.42. The summed E-state index contributed by atoms with van der Waals surface area (Å²) in [5.41, 5.74) is 3.19. The van der Waals surface area contributed by atoms with Crippen LogP contribution in [0.4, 0.5) is 5.69 Å². The number of nitrogens with one attached hydrogen (secondary N) is 2. The third-order valence-electron chi connectivity index (χ3n) is 11.9. The molecule has 1 saturated heterocycles. The second-order valence-corrected chi connectivity index (χ2v) is 20.7. The van der Waals surface area contributed by atoms with E-state index in [4.69, 9.17) is 19.3 Å². The molecule has 7 N–H and O–H groups in total. The lowest BCUT2D eigenvalue weighted by Crippen LogP contribution is -2.39. The van der Waals surface area contributed by atoms with Gasteiger partial charge in [-0.05, 0) is 87.4 Å². The molecule has 360 valence electrons. The molecule has 1 aromatic heterocycles. The summed E-state index contributed by atoms with van der Waals surface area (Å²) in [4.78, 5) is 93.2. The van der Waals surface area contributed by atoms with Gasteiger partial charge in [-0.15, -0.1) is 0 Å². The fourth-order valence-electron chi connectivity index (χ4n) is 8.88. The molecule has 3 aromatic carbocycles. The van der Waals surface area contributed by atoms with Gasteiger partial charge in [0.2, 0.25) is 5.36 Å². The molecule has 0 bridgehead atoms. The third kappa shape index (κ3) is 10.7. The minimum Gasteiger partial charge on any atom is -0.478 e. The van der Waals surface area contributed by atoms with E-state index in [1.165, 1.54) is 12.1 Å². The van der Waals surface area contributed by atoms with E-state index in [0.717, 1.165) is 95.6 Å². The number of rotatable bonds is 14. The first-order chi connectivity index (χ1) is 32.2. The molecular weight excluding hydrogens is 951 g/mol. The first-order valence-electron chi connectivity index (χ1n) is 21.6. The Kier molecular flexibility index (Phi) is 14.0. The second-order valence-electron chi connectivity index (χ2n) is 16.2. The second kappa shape index (κ2) is 19.5. The SMILES string of the molecule is CCN1CCCc2cc3c(cc21)Oc1cc2c(cc1=C3c1cc(C(=O)NCC#Cc3cn([C@H]4CC[C@@H](COP(=O)(O)OP(=O)(O)OP(=O)(O)O)O4)c(=O)[nH]c3=O)ccc1C(=O)O)CCC[N+]=2CC. The van der Waals surface area contributed by atoms with Crippen LogP contribution in [0.5, 0.6) is 11.5 Å². The number of ether oxygens (including phenoxy) is 2. The van der Waals surface area contributed by atoms with Gasteiger partial charge in [-0.2, -0.15) is 8.62 Å². The Hall–Kier alpha value is -5.52. The number of fused-ring (bicyclic) bond motifs is 4. The van der Waals surface area contributed by atoms with E-state index in [0.29, 0.717) is 22.6 Å². The van der Waals surface area contributed by atoms with Crippen LogP contribution in [0.1, 0.15) is 94.3 Å². The molecule has 22 nitrogen and oxygen atoms in total. The first-order valence-corrected chi connectivity index (χ1v) is 26.1. The number of aromatic amines is 1. The molecule has 4 aliphatic heterocycles. The number of phosphoric ester groups is 1. The molecule has 2 unspecified atom stereocenters. The van der Waals surface area contributed by atoms with Gasteiger partial charge in [-0.1, -0.05) is 11.8 Å². The van der Waals surface area contributed by atoms with Crippen molar-refractivity contribution in [1.29, 1.82) is 0 Å². The van der Waals surface area contributed by atoms with Crippen LogP contribution >= 0.6 is 23.5 Å². The maximum Gasteiger partial charge on any atom is 0.490 e. The quantitative estimate of drug-likeness (QED) is 0.0478. The lowest BCUT2D eigenvalue weighted by atomic mass is 9.85. The molecule has 0 radical (unpaired) electrons. The van der Waals surface area contributed by atoms with E-state index in [9.17, 15) is 47.8 Å². The van der Waals surface area contributed by atoms with Crippen LogP contribution in [-0.4, -0.2) is 91.5 Å². The van der Waals surface area contributed by atoms with Crippen LogP contribution in [0.25, 0.3) is 5.57 Å². The predicted octanol–water partition coefficient (Wildman–Crippen LogP) is 2.62. The zero-order chi connectivity index (χ0) is 48.7. The molecule has 5 heterocycles. The Bertz CT molecular complexity index is 3210. The molecule has 4 atom stereocenters. The van der Waals surface area contributed by atoms with Gasteiger partial charge in [0.25, 0.3) is 11.5 Å². The predicted molar refractivity (Wildman–Crippen MR) is 242 cm³/mol. The van der Waals surface area contributed by atoms with Gasteiger partial charge in [0.15, 0.2) is 0 Å². The molecule has 4 aromatic rings. The standard InChI is InChI=1S/C43H46N5O17P3/c1-3-46-16-6-9-25-18-32-36(21-34(25)46)63-37-22-35-26(10-7-17-47(35)4-2)19-33(37)39(32)31-20-27(11-13-30(31)42(51)52)40(49)44-15-5-8-28-23-48(43(53)45-41(28)50)38-14-12-29(62-38)24-61-67(57,58)65-68(59,60)64-66(54,55)56/h11,13,18-23,29,38H,3-4,6-7,9-10,12,14-17,24H2,1-2H3,(H6-,44,45,49,50,51,52,53,54,55,56,57,58,59,60)/p+1/t29-,38+/m0/s1. The van der Waals surface area contributed by atoms with Crippen LogP contribution in [0.3, 0.4) is 0 Å². The monoisotopic (exact) mass is 998 g/mol. The summed E-state index contributed by atoms with van der Waals surface area (Å²) < 4.78 is 62.4. The number of aromatic nitrogens is 2.